The fourth-order valence-electron chi connectivity index (χ4n) is 2.83. The van der Waals surface area contributed by atoms with Gasteiger partial charge in [0.25, 0.3) is 0 Å². The third kappa shape index (κ3) is 7.95. The molecule has 7 heteroatoms. The number of carbonyl (C=O) groups excluding carboxylic acids is 2. The second kappa shape index (κ2) is 12.3. The van der Waals surface area contributed by atoms with E-state index in [1.54, 1.807) is 21.1 Å². The van der Waals surface area contributed by atoms with Crippen molar-refractivity contribution >= 4 is 17.5 Å². The smallest absolute Gasteiger partial charge is 0.240 e. The molecule has 30 heavy (non-hydrogen) atoms. The van der Waals surface area contributed by atoms with Crippen LogP contribution in [-0.2, 0) is 22.4 Å². The SMILES string of the molecule is COc1ccc(CCNC(=O)C/C(C)=N\NC(=O)CCc2ccccc2)cc1OC. The molecule has 0 aliphatic carbocycles. The second-order valence-corrected chi connectivity index (χ2v) is 6.83. The molecule has 2 aromatic rings. The van der Waals surface area contributed by atoms with Gasteiger partial charge in [0, 0.05) is 18.7 Å². The van der Waals surface area contributed by atoms with Gasteiger partial charge < -0.3 is 14.8 Å². The fourth-order valence-corrected chi connectivity index (χ4v) is 2.83. The molecule has 2 aromatic carbocycles. The molecule has 0 bridgehead atoms. The van der Waals surface area contributed by atoms with Crippen molar-refractivity contribution in [3.8, 4) is 11.5 Å². The van der Waals surface area contributed by atoms with Gasteiger partial charge in [0.2, 0.25) is 11.8 Å². The highest BCUT2D eigenvalue weighted by Gasteiger charge is 2.07. The predicted molar refractivity (Wildman–Crippen MR) is 117 cm³/mol. The Labute approximate surface area is 177 Å². The van der Waals surface area contributed by atoms with Crippen LogP contribution in [0.5, 0.6) is 11.5 Å². The van der Waals surface area contributed by atoms with Crippen LogP contribution in [0.2, 0.25) is 0 Å². The third-order valence-corrected chi connectivity index (χ3v) is 4.46. The maximum atomic E-state index is 12.1. The first kappa shape index (κ1) is 22.9. The van der Waals surface area contributed by atoms with Gasteiger partial charge in [-0.25, -0.2) is 5.43 Å². The Morgan fingerprint density at radius 2 is 1.63 bits per heavy atom. The number of amides is 2. The van der Waals surface area contributed by atoms with Crippen molar-refractivity contribution < 1.29 is 19.1 Å². The maximum absolute atomic E-state index is 12.1. The lowest BCUT2D eigenvalue weighted by molar-refractivity contribution is -0.121. The van der Waals surface area contributed by atoms with E-state index >= 15 is 0 Å². The number of hydrogen-bond acceptors (Lipinski definition) is 5. The van der Waals surface area contributed by atoms with Gasteiger partial charge in [-0.3, -0.25) is 9.59 Å². The van der Waals surface area contributed by atoms with Crippen LogP contribution in [0.3, 0.4) is 0 Å². The highest BCUT2D eigenvalue weighted by molar-refractivity contribution is 6.00. The van der Waals surface area contributed by atoms with E-state index in [2.05, 4.69) is 15.8 Å². The summed E-state index contributed by atoms with van der Waals surface area (Å²) in [6, 6.07) is 15.5. The number of benzene rings is 2. The molecule has 0 heterocycles. The molecule has 160 valence electrons. The highest BCUT2D eigenvalue weighted by Crippen LogP contribution is 2.27. The number of nitrogens with zero attached hydrogens (tertiary/aromatic N) is 1. The van der Waals surface area contributed by atoms with E-state index in [0.717, 1.165) is 11.1 Å². The van der Waals surface area contributed by atoms with E-state index in [-0.39, 0.29) is 18.2 Å². The molecular weight excluding hydrogens is 382 g/mol. The van der Waals surface area contributed by atoms with E-state index in [4.69, 9.17) is 9.47 Å². The average Bonchev–Trinajstić information content (AvgIpc) is 2.76. The van der Waals surface area contributed by atoms with E-state index in [1.807, 2.05) is 48.5 Å². The number of hydrazone groups is 1. The maximum Gasteiger partial charge on any atom is 0.240 e. The van der Waals surface area contributed by atoms with Crippen LogP contribution in [0, 0.1) is 0 Å². The third-order valence-electron chi connectivity index (χ3n) is 4.46. The van der Waals surface area contributed by atoms with Crippen molar-refractivity contribution in [2.75, 3.05) is 20.8 Å². The van der Waals surface area contributed by atoms with Crippen molar-refractivity contribution in [2.45, 2.75) is 32.6 Å². The molecule has 0 saturated heterocycles. The number of hydrogen-bond donors (Lipinski definition) is 2. The molecule has 0 aromatic heterocycles. The monoisotopic (exact) mass is 411 g/mol. The Hall–Kier alpha value is -3.35. The standard InChI is InChI=1S/C23H29N3O4/c1-17(25-26-22(27)12-10-18-7-5-4-6-8-18)15-23(28)24-14-13-19-9-11-20(29-2)21(16-19)30-3/h4-9,11,16H,10,12-15H2,1-3H3,(H,24,28)(H,26,27)/b25-17-. The number of aryl methyl sites for hydroxylation is 1. The van der Waals surface area contributed by atoms with Crippen molar-refractivity contribution in [3.63, 3.8) is 0 Å². The number of ether oxygens (including phenoxy) is 2. The summed E-state index contributed by atoms with van der Waals surface area (Å²) in [5, 5.41) is 6.87. The molecule has 2 N–H and O–H groups in total. The molecule has 7 nitrogen and oxygen atoms in total. The Kier molecular flexibility index (Phi) is 9.37. The van der Waals surface area contributed by atoms with Crippen LogP contribution in [0.4, 0.5) is 0 Å². The predicted octanol–water partition coefficient (Wildman–Crippen LogP) is 2.88. The number of carbonyl (C=O) groups is 2. The quantitative estimate of drug-likeness (QED) is 0.440. The topological polar surface area (TPSA) is 89.0 Å². The Morgan fingerprint density at radius 1 is 0.900 bits per heavy atom. The minimum Gasteiger partial charge on any atom is -0.493 e. The first-order valence-electron chi connectivity index (χ1n) is 9.85. The Bertz CT molecular complexity index is 866. The number of rotatable bonds is 11. The molecular formula is C23H29N3O4. The average molecular weight is 412 g/mol. The lowest BCUT2D eigenvalue weighted by Gasteiger charge is -2.10. The molecule has 0 unspecified atom stereocenters. The number of nitrogens with one attached hydrogen (secondary N) is 2. The van der Waals surface area contributed by atoms with Gasteiger partial charge >= 0.3 is 0 Å². The summed E-state index contributed by atoms with van der Waals surface area (Å²) in [4.78, 5) is 24.0. The van der Waals surface area contributed by atoms with Crippen LogP contribution in [0.15, 0.2) is 53.6 Å². The minimum absolute atomic E-state index is 0.130. The summed E-state index contributed by atoms with van der Waals surface area (Å²) in [7, 11) is 3.18. The molecule has 0 fully saturated rings. The van der Waals surface area contributed by atoms with Gasteiger partial charge in [-0.1, -0.05) is 36.4 Å². The summed E-state index contributed by atoms with van der Waals surface area (Å²) in [6.45, 7) is 2.20. The fraction of sp³-hybridized carbons (Fsp3) is 0.348. The minimum atomic E-state index is -0.174. The van der Waals surface area contributed by atoms with Crippen molar-refractivity contribution in [3.05, 3.63) is 59.7 Å². The van der Waals surface area contributed by atoms with E-state index in [0.29, 0.717) is 43.0 Å². The Morgan fingerprint density at radius 3 is 2.33 bits per heavy atom. The summed E-state index contributed by atoms with van der Waals surface area (Å²) >= 11 is 0. The van der Waals surface area contributed by atoms with Crippen LogP contribution in [-0.4, -0.2) is 38.3 Å². The van der Waals surface area contributed by atoms with Crippen LogP contribution in [0.1, 0.15) is 30.9 Å². The Balaban J connectivity index is 1.69. The van der Waals surface area contributed by atoms with Gasteiger partial charge in [-0.05, 0) is 43.0 Å². The van der Waals surface area contributed by atoms with Gasteiger partial charge in [0.1, 0.15) is 0 Å². The molecule has 2 amide bonds. The van der Waals surface area contributed by atoms with Gasteiger partial charge in [0.15, 0.2) is 11.5 Å². The van der Waals surface area contributed by atoms with Crippen LogP contribution in [0.25, 0.3) is 0 Å². The zero-order chi connectivity index (χ0) is 21.8. The molecule has 0 atom stereocenters. The first-order valence-corrected chi connectivity index (χ1v) is 9.85. The van der Waals surface area contributed by atoms with Gasteiger partial charge in [-0.2, -0.15) is 5.10 Å². The lowest BCUT2D eigenvalue weighted by Crippen LogP contribution is -2.28. The van der Waals surface area contributed by atoms with Crippen molar-refractivity contribution in [1.82, 2.24) is 10.7 Å². The lowest BCUT2D eigenvalue weighted by atomic mass is 10.1. The van der Waals surface area contributed by atoms with E-state index in [1.165, 1.54) is 0 Å². The zero-order valence-corrected chi connectivity index (χ0v) is 17.7. The summed E-state index contributed by atoms with van der Waals surface area (Å²) < 4.78 is 10.5. The summed E-state index contributed by atoms with van der Waals surface area (Å²) in [5.41, 5.74) is 5.19. The molecule has 0 aliphatic heterocycles. The van der Waals surface area contributed by atoms with Gasteiger partial charge in [-0.15, -0.1) is 0 Å². The largest absolute Gasteiger partial charge is 0.493 e. The van der Waals surface area contributed by atoms with Crippen molar-refractivity contribution in [1.29, 1.82) is 0 Å². The van der Waals surface area contributed by atoms with Crippen LogP contribution >= 0.6 is 0 Å². The summed E-state index contributed by atoms with van der Waals surface area (Å²) in [5.74, 6) is 1.01. The molecule has 0 spiro atoms. The second-order valence-electron chi connectivity index (χ2n) is 6.83. The first-order chi connectivity index (χ1) is 14.5. The number of methoxy groups -OCH3 is 2. The normalized spacial score (nSPS) is 11.0. The highest BCUT2D eigenvalue weighted by atomic mass is 16.5. The molecule has 0 aliphatic rings. The molecule has 2 rings (SSSR count). The molecule has 0 saturated carbocycles. The molecule has 0 radical (unpaired) electrons. The van der Waals surface area contributed by atoms with E-state index < -0.39 is 0 Å². The zero-order valence-electron chi connectivity index (χ0n) is 17.7. The van der Waals surface area contributed by atoms with Crippen molar-refractivity contribution in [2.24, 2.45) is 5.10 Å². The summed E-state index contributed by atoms with van der Waals surface area (Å²) in [6.07, 6.45) is 1.79. The van der Waals surface area contributed by atoms with E-state index in [9.17, 15) is 9.59 Å². The van der Waals surface area contributed by atoms with Gasteiger partial charge in [0.05, 0.1) is 20.6 Å². The van der Waals surface area contributed by atoms with Crippen LogP contribution < -0.4 is 20.2 Å².